The van der Waals surface area contributed by atoms with Crippen LogP contribution < -0.4 is 9.47 Å². The maximum Gasteiger partial charge on any atom is 0.223 e. The summed E-state index contributed by atoms with van der Waals surface area (Å²) in [5.41, 5.74) is 0.724. The van der Waals surface area contributed by atoms with Crippen LogP contribution in [0.5, 0.6) is 11.5 Å². The lowest BCUT2D eigenvalue weighted by molar-refractivity contribution is 0.297. The molecule has 0 N–H and O–H groups in total. The van der Waals surface area contributed by atoms with E-state index < -0.39 is 5.82 Å². The highest BCUT2D eigenvalue weighted by atomic mass is 35.5. The molecule has 2 aromatic rings. The van der Waals surface area contributed by atoms with Gasteiger partial charge in [0, 0.05) is 12.0 Å². The minimum atomic E-state index is -0.529. The molecule has 0 fully saturated rings. The van der Waals surface area contributed by atoms with E-state index in [1.807, 2.05) is 0 Å². The molecular formula is C13H10ClFN2O2. The molecule has 0 radical (unpaired) electrons. The molecular weight excluding hydrogens is 271 g/mol. The lowest BCUT2D eigenvalue weighted by atomic mass is 10.1. The molecule has 6 heteroatoms. The van der Waals surface area contributed by atoms with Gasteiger partial charge in [0.05, 0.1) is 19.4 Å². The predicted octanol–water partition coefficient (Wildman–Crippen LogP) is 3.10. The molecule has 1 aliphatic heterocycles. The third-order valence-corrected chi connectivity index (χ3v) is 2.92. The normalized spacial score (nSPS) is 14.0. The van der Waals surface area contributed by atoms with Crippen molar-refractivity contribution >= 4 is 11.6 Å². The summed E-state index contributed by atoms with van der Waals surface area (Å²) in [5.74, 6) is 0.713. The molecule has 1 aromatic carbocycles. The van der Waals surface area contributed by atoms with Crippen LogP contribution in [0.3, 0.4) is 0 Å². The largest absolute Gasteiger partial charge is 0.490 e. The highest BCUT2D eigenvalue weighted by molar-refractivity contribution is 6.28. The molecule has 0 aliphatic carbocycles. The quantitative estimate of drug-likeness (QED) is 0.753. The molecule has 19 heavy (non-hydrogen) atoms. The van der Waals surface area contributed by atoms with Crippen molar-refractivity contribution in [3.63, 3.8) is 0 Å². The van der Waals surface area contributed by atoms with Gasteiger partial charge in [0.25, 0.3) is 0 Å². The zero-order valence-corrected chi connectivity index (χ0v) is 10.7. The topological polar surface area (TPSA) is 44.2 Å². The van der Waals surface area contributed by atoms with Crippen molar-refractivity contribution < 1.29 is 13.9 Å². The minimum absolute atomic E-state index is 0.00325. The Hall–Kier alpha value is -1.88. The van der Waals surface area contributed by atoms with Crippen LogP contribution in [0.4, 0.5) is 4.39 Å². The highest BCUT2D eigenvalue weighted by Crippen LogP contribution is 2.34. The summed E-state index contributed by atoms with van der Waals surface area (Å²) in [6.45, 7) is 1.18. The minimum Gasteiger partial charge on any atom is -0.490 e. The van der Waals surface area contributed by atoms with E-state index in [1.54, 1.807) is 18.2 Å². The zero-order chi connectivity index (χ0) is 13.2. The second-order valence-corrected chi connectivity index (χ2v) is 4.39. The Bertz CT molecular complexity index is 622. The van der Waals surface area contributed by atoms with Gasteiger partial charge in [-0.25, -0.2) is 14.4 Å². The van der Waals surface area contributed by atoms with E-state index in [0.717, 1.165) is 12.6 Å². The van der Waals surface area contributed by atoms with E-state index in [9.17, 15) is 4.39 Å². The number of hydrogen-bond acceptors (Lipinski definition) is 4. The van der Waals surface area contributed by atoms with E-state index in [-0.39, 0.29) is 11.0 Å². The standard InChI is InChI=1S/C13H10ClFN2O2/c14-13-16-7-9(15)12(17-13)8-2-3-10-11(6-8)19-5-1-4-18-10/h2-3,6-7H,1,4-5H2. The number of ether oxygens (including phenoxy) is 2. The Morgan fingerprint density at radius 2 is 1.95 bits per heavy atom. The van der Waals surface area contributed by atoms with Crippen LogP contribution in [-0.2, 0) is 0 Å². The molecule has 0 amide bonds. The number of halogens is 2. The molecule has 3 rings (SSSR count). The lowest BCUT2D eigenvalue weighted by Crippen LogP contribution is -1.97. The summed E-state index contributed by atoms with van der Waals surface area (Å²) in [4.78, 5) is 7.49. The van der Waals surface area contributed by atoms with Crippen LogP contribution in [0.15, 0.2) is 24.4 Å². The average molecular weight is 281 g/mol. The summed E-state index contributed by atoms with van der Waals surface area (Å²) < 4.78 is 24.8. The Labute approximate surface area is 114 Å². The fraction of sp³-hybridized carbons (Fsp3) is 0.231. The molecule has 0 saturated heterocycles. The van der Waals surface area contributed by atoms with Gasteiger partial charge in [-0.3, -0.25) is 0 Å². The monoisotopic (exact) mass is 280 g/mol. The smallest absolute Gasteiger partial charge is 0.223 e. The van der Waals surface area contributed by atoms with Crippen molar-refractivity contribution in [3.05, 3.63) is 35.5 Å². The predicted molar refractivity (Wildman–Crippen MR) is 68.0 cm³/mol. The van der Waals surface area contributed by atoms with E-state index >= 15 is 0 Å². The SMILES string of the molecule is Fc1cnc(Cl)nc1-c1ccc2c(c1)OCCCO2. The van der Waals surface area contributed by atoms with Gasteiger partial charge < -0.3 is 9.47 Å². The zero-order valence-electron chi connectivity index (χ0n) is 9.90. The molecule has 1 aromatic heterocycles. The number of fused-ring (bicyclic) bond motifs is 1. The third kappa shape index (κ3) is 2.46. The van der Waals surface area contributed by atoms with E-state index in [1.165, 1.54) is 0 Å². The summed E-state index contributed by atoms with van der Waals surface area (Å²) in [5, 5.41) is 0.00325. The highest BCUT2D eigenvalue weighted by Gasteiger charge is 2.14. The Balaban J connectivity index is 2.06. The molecule has 98 valence electrons. The number of benzene rings is 1. The Kier molecular flexibility index (Phi) is 3.21. The van der Waals surface area contributed by atoms with Crippen molar-refractivity contribution in [1.82, 2.24) is 9.97 Å². The fourth-order valence-corrected chi connectivity index (χ4v) is 1.99. The van der Waals surface area contributed by atoms with Gasteiger partial charge >= 0.3 is 0 Å². The van der Waals surface area contributed by atoms with Crippen LogP contribution in [-0.4, -0.2) is 23.2 Å². The van der Waals surface area contributed by atoms with E-state index in [0.29, 0.717) is 30.3 Å². The summed E-state index contributed by atoms with van der Waals surface area (Å²) in [6, 6.07) is 5.16. The first kappa shape index (κ1) is 12.2. The van der Waals surface area contributed by atoms with Crippen LogP contribution in [0, 0.1) is 5.82 Å². The van der Waals surface area contributed by atoms with Crippen molar-refractivity contribution in [3.8, 4) is 22.8 Å². The molecule has 1 aliphatic rings. The van der Waals surface area contributed by atoms with Crippen molar-refractivity contribution in [2.45, 2.75) is 6.42 Å². The summed E-state index contributed by atoms with van der Waals surface area (Å²) in [6.07, 6.45) is 1.87. The molecule has 0 atom stereocenters. The first-order valence-corrected chi connectivity index (χ1v) is 6.20. The molecule has 0 spiro atoms. The maximum atomic E-state index is 13.7. The van der Waals surface area contributed by atoms with E-state index in [4.69, 9.17) is 21.1 Å². The maximum absolute atomic E-state index is 13.7. The molecule has 0 bridgehead atoms. The van der Waals surface area contributed by atoms with Crippen molar-refractivity contribution in [2.24, 2.45) is 0 Å². The van der Waals surface area contributed by atoms with Gasteiger partial charge in [0.15, 0.2) is 17.3 Å². The van der Waals surface area contributed by atoms with Gasteiger partial charge in [0.1, 0.15) is 5.69 Å². The number of aromatic nitrogens is 2. The number of hydrogen-bond donors (Lipinski definition) is 0. The Morgan fingerprint density at radius 3 is 2.79 bits per heavy atom. The van der Waals surface area contributed by atoms with Crippen LogP contribution in [0.1, 0.15) is 6.42 Å². The van der Waals surface area contributed by atoms with E-state index in [2.05, 4.69) is 9.97 Å². The molecule has 4 nitrogen and oxygen atoms in total. The van der Waals surface area contributed by atoms with Gasteiger partial charge in [-0.05, 0) is 29.8 Å². The first-order chi connectivity index (χ1) is 9.24. The van der Waals surface area contributed by atoms with Crippen molar-refractivity contribution in [1.29, 1.82) is 0 Å². The number of rotatable bonds is 1. The van der Waals surface area contributed by atoms with Gasteiger partial charge in [-0.2, -0.15) is 0 Å². The second-order valence-electron chi connectivity index (χ2n) is 4.05. The van der Waals surface area contributed by atoms with Crippen LogP contribution in [0.2, 0.25) is 5.28 Å². The average Bonchev–Trinajstić information content (AvgIpc) is 2.66. The van der Waals surface area contributed by atoms with Gasteiger partial charge in [-0.1, -0.05) is 0 Å². The molecule has 0 saturated carbocycles. The van der Waals surface area contributed by atoms with Gasteiger partial charge in [0.2, 0.25) is 5.28 Å². The first-order valence-electron chi connectivity index (χ1n) is 5.82. The Morgan fingerprint density at radius 1 is 1.16 bits per heavy atom. The van der Waals surface area contributed by atoms with Gasteiger partial charge in [-0.15, -0.1) is 0 Å². The van der Waals surface area contributed by atoms with Crippen molar-refractivity contribution in [2.75, 3.05) is 13.2 Å². The van der Waals surface area contributed by atoms with Crippen LogP contribution >= 0.6 is 11.6 Å². The second kappa shape index (κ2) is 5.01. The lowest BCUT2D eigenvalue weighted by Gasteiger charge is -2.09. The molecule has 0 unspecified atom stereocenters. The third-order valence-electron chi connectivity index (χ3n) is 2.74. The number of nitrogens with zero attached hydrogens (tertiary/aromatic N) is 2. The summed E-state index contributed by atoms with van der Waals surface area (Å²) in [7, 11) is 0. The molecule has 2 heterocycles. The fourth-order valence-electron chi connectivity index (χ4n) is 1.86. The summed E-state index contributed by atoms with van der Waals surface area (Å²) >= 11 is 5.69. The van der Waals surface area contributed by atoms with Crippen LogP contribution in [0.25, 0.3) is 11.3 Å².